The summed E-state index contributed by atoms with van der Waals surface area (Å²) in [6, 6.07) is 3.11. The highest BCUT2D eigenvalue weighted by Crippen LogP contribution is 2.25. The van der Waals surface area contributed by atoms with E-state index in [4.69, 9.17) is 14.6 Å². The van der Waals surface area contributed by atoms with E-state index in [1.165, 1.54) is 12.1 Å². The molecule has 54 heavy (non-hydrogen) atoms. The average molecular weight is 760 g/mol. The van der Waals surface area contributed by atoms with Crippen LogP contribution in [0.1, 0.15) is 97.0 Å². The van der Waals surface area contributed by atoms with Crippen LogP contribution in [0.2, 0.25) is 0 Å². The van der Waals surface area contributed by atoms with Crippen LogP contribution in [0.15, 0.2) is 41.4 Å². The quantitative estimate of drug-likeness (QED) is 0.0370. The number of nitrogens with zero attached hydrogens (tertiary/aromatic N) is 3. The normalized spacial score (nSPS) is 20.2. The van der Waals surface area contributed by atoms with E-state index in [1.54, 1.807) is 45.0 Å². The smallest absolute Gasteiger partial charge is 0.328 e. The van der Waals surface area contributed by atoms with Gasteiger partial charge in [-0.3, -0.25) is 34.4 Å². The number of hydrogen-bond donors (Lipinski definition) is 6. The van der Waals surface area contributed by atoms with Crippen molar-refractivity contribution >= 4 is 41.5 Å². The lowest BCUT2D eigenvalue weighted by atomic mass is 10.00. The number of nitrogens with one attached hydrogen (secondary N) is 2. The van der Waals surface area contributed by atoms with Gasteiger partial charge in [-0.1, -0.05) is 32.1 Å². The molecule has 1 saturated heterocycles. The summed E-state index contributed by atoms with van der Waals surface area (Å²) in [7, 11) is 0. The zero-order valence-corrected chi connectivity index (χ0v) is 31.0. The van der Waals surface area contributed by atoms with Crippen molar-refractivity contribution in [3.05, 3.63) is 42.0 Å². The number of aliphatic carboxylic acids is 1. The monoisotopic (exact) mass is 759 g/mol. The van der Waals surface area contributed by atoms with Gasteiger partial charge in [-0.25, -0.2) is 19.9 Å². The number of unbranched alkanes of at least 4 members (excludes halogenated alkanes) is 3. The fourth-order valence-electron chi connectivity index (χ4n) is 6.00. The van der Waals surface area contributed by atoms with Gasteiger partial charge in [0.15, 0.2) is 6.04 Å². The molecule has 3 rings (SSSR count). The molecule has 0 aliphatic carbocycles. The number of amides is 4. The van der Waals surface area contributed by atoms with Crippen molar-refractivity contribution in [2.75, 3.05) is 13.1 Å². The molecule has 6 unspecified atom stereocenters. The third kappa shape index (κ3) is 13.1. The highest BCUT2D eigenvalue weighted by atomic mass is 16.5. The fourth-order valence-corrected chi connectivity index (χ4v) is 6.00. The summed E-state index contributed by atoms with van der Waals surface area (Å²) in [5.74, 6) is -5.14. The van der Waals surface area contributed by atoms with Gasteiger partial charge < -0.3 is 30.3 Å². The minimum atomic E-state index is -1.22. The molecule has 6 N–H and O–H groups in total. The van der Waals surface area contributed by atoms with Gasteiger partial charge in [0, 0.05) is 25.6 Å². The fraction of sp³-hybridized carbons (Fsp3) is 0.595. The lowest BCUT2D eigenvalue weighted by Crippen LogP contribution is -2.51. The molecule has 1 aromatic carbocycles. The van der Waals surface area contributed by atoms with Crippen molar-refractivity contribution in [2.24, 2.45) is 10.9 Å². The third-order valence-electron chi connectivity index (χ3n) is 9.26. The van der Waals surface area contributed by atoms with Crippen molar-refractivity contribution in [3.8, 4) is 5.75 Å². The molecule has 298 valence electrons. The Bertz CT molecular complexity index is 1530. The summed E-state index contributed by atoms with van der Waals surface area (Å²) in [6.45, 7) is 4.96. The first kappa shape index (κ1) is 43.4. The minimum absolute atomic E-state index is 0.0310. The van der Waals surface area contributed by atoms with E-state index in [-0.39, 0.29) is 56.8 Å². The second-order valence-electron chi connectivity index (χ2n) is 13.5. The van der Waals surface area contributed by atoms with E-state index in [1.807, 2.05) is 0 Å². The van der Waals surface area contributed by atoms with Gasteiger partial charge in [0.25, 0.3) is 11.8 Å². The van der Waals surface area contributed by atoms with Crippen LogP contribution in [0.5, 0.6) is 5.75 Å². The molecule has 0 bridgehead atoms. The molecule has 6 atom stereocenters. The standard InChI is InChI=1S/C37H53N5O12/c1-4-29(23(2)33(47)38-26-16-11-14-22-42(52)36(26)49)54-37(50)27(17-12-13-21-41(51)30(44)19-7-5-6-8-20-31(45)46)39-34(48)32-24(3)53-35(40-32)25-15-9-10-18-28(25)43/h7,9-10,15,18-19,23-24,26-27,29,32,43,51-52H,4-6,8,11-14,16-17,20-22H2,1-3H3,(H,38,47)(H,39,48)(H,45,46). The molecule has 17 heteroatoms. The Morgan fingerprint density at radius 2 is 1.87 bits per heavy atom. The summed E-state index contributed by atoms with van der Waals surface area (Å²) in [6.07, 6.45) is 4.89. The summed E-state index contributed by atoms with van der Waals surface area (Å²) >= 11 is 0. The van der Waals surface area contributed by atoms with Crippen LogP contribution in [0.25, 0.3) is 0 Å². The van der Waals surface area contributed by atoms with Gasteiger partial charge in [0.05, 0.1) is 11.5 Å². The molecule has 2 aliphatic heterocycles. The van der Waals surface area contributed by atoms with Crippen LogP contribution in [0, 0.1) is 5.92 Å². The molecule has 2 heterocycles. The topological polar surface area (TPSA) is 245 Å². The first-order valence-electron chi connectivity index (χ1n) is 18.5. The van der Waals surface area contributed by atoms with Gasteiger partial charge in [-0.05, 0) is 83.3 Å². The largest absolute Gasteiger partial charge is 0.507 e. The number of hydroxylamine groups is 4. The second-order valence-corrected chi connectivity index (χ2v) is 13.5. The predicted octanol–water partition coefficient (Wildman–Crippen LogP) is 2.84. The number of aliphatic imine (C=N–C) groups is 1. The Labute approximate surface area is 314 Å². The Kier molecular flexibility index (Phi) is 17.4. The zero-order valence-electron chi connectivity index (χ0n) is 31.0. The number of carboxylic acid groups (broad SMARTS) is 1. The predicted molar refractivity (Wildman–Crippen MR) is 192 cm³/mol. The molecular formula is C37H53N5O12. The number of phenols is 1. The maximum atomic E-state index is 13.7. The molecule has 2 aliphatic rings. The second kappa shape index (κ2) is 21.6. The van der Waals surface area contributed by atoms with E-state index in [0.717, 1.165) is 0 Å². The molecule has 0 saturated carbocycles. The van der Waals surface area contributed by atoms with E-state index in [2.05, 4.69) is 15.6 Å². The van der Waals surface area contributed by atoms with Crippen molar-refractivity contribution in [3.63, 3.8) is 0 Å². The number of carbonyl (C=O) groups excluding carboxylic acids is 5. The number of para-hydroxylation sites is 1. The first-order chi connectivity index (χ1) is 25.7. The summed E-state index contributed by atoms with van der Waals surface area (Å²) < 4.78 is 11.6. The molecule has 17 nitrogen and oxygen atoms in total. The highest BCUT2D eigenvalue weighted by Gasteiger charge is 2.38. The Balaban J connectivity index is 1.67. The third-order valence-corrected chi connectivity index (χ3v) is 9.26. The van der Waals surface area contributed by atoms with E-state index in [9.17, 15) is 44.3 Å². The molecule has 1 fully saturated rings. The van der Waals surface area contributed by atoms with Crippen molar-refractivity contribution in [1.82, 2.24) is 20.8 Å². The number of hydrogen-bond acceptors (Lipinski definition) is 12. The van der Waals surface area contributed by atoms with Crippen LogP contribution >= 0.6 is 0 Å². The first-order valence-corrected chi connectivity index (χ1v) is 18.5. The number of esters is 1. The summed E-state index contributed by atoms with van der Waals surface area (Å²) in [5, 5.41) is 45.6. The number of rotatable bonds is 20. The number of carboxylic acids is 1. The van der Waals surface area contributed by atoms with Crippen LogP contribution in [-0.2, 0) is 38.2 Å². The van der Waals surface area contributed by atoms with Crippen LogP contribution in [0.4, 0.5) is 0 Å². The summed E-state index contributed by atoms with van der Waals surface area (Å²) in [4.78, 5) is 80.2. The Hall–Kier alpha value is -5.03. The molecule has 0 spiro atoms. The van der Waals surface area contributed by atoms with E-state index in [0.29, 0.717) is 54.2 Å². The van der Waals surface area contributed by atoms with Gasteiger partial charge >= 0.3 is 11.9 Å². The maximum absolute atomic E-state index is 13.7. The van der Waals surface area contributed by atoms with Crippen LogP contribution < -0.4 is 10.6 Å². The van der Waals surface area contributed by atoms with E-state index < -0.39 is 71.8 Å². The molecule has 0 radical (unpaired) electrons. The highest BCUT2D eigenvalue weighted by molar-refractivity contribution is 6.01. The van der Waals surface area contributed by atoms with Gasteiger partial charge in [-0.15, -0.1) is 0 Å². The number of phenolic OH excluding ortho intramolecular Hbond substituents is 1. The Morgan fingerprint density at radius 3 is 2.57 bits per heavy atom. The lowest BCUT2D eigenvalue weighted by molar-refractivity contribution is -0.167. The van der Waals surface area contributed by atoms with Crippen LogP contribution in [-0.4, -0.2) is 116 Å². The van der Waals surface area contributed by atoms with Gasteiger partial charge in [0.2, 0.25) is 17.7 Å². The summed E-state index contributed by atoms with van der Waals surface area (Å²) in [5.41, 5.74) is 0.294. The number of aromatic hydroxyl groups is 1. The average Bonchev–Trinajstić information content (AvgIpc) is 3.46. The molecule has 4 amide bonds. The molecule has 1 aromatic rings. The maximum Gasteiger partial charge on any atom is 0.328 e. The minimum Gasteiger partial charge on any atom is -0.507 e. The number of ether oxygens (including phenoxy) is 2. The van der Waals surface area contributed by atoms with Gasteiger partial charge in [-0.2, -0.15) is 0 Å². The number of benzene rings is 1. The van der Waals surface area contributed by atoms with Gasteiger partial charge in [0.1, 0.15) is 30.0 Å². The number of carbonyl (C=O) groups is 6. The SMILES string of the molecule is CCC(OC(=O)C(CCCCN(O)C(=O)C=CCCCCC(=O)O)NC(=O)C1N=C(c2ccccc2O)OC1C)C(C)C(=O)NC1CCCCN(O)C1=O. The van der Waals surface area contributed by atoms with Crippen molar-refractivity contribution in [1.29, 1.82) is 0 Å². The number of allylic oxidation sites excluding steroid dienone is 1. The lowest BCUT2D eigenvalue weighted by Gasteiger charge is -2.27. The molecular weight excluding hydrogens is 706 g/mol. The Morgan fingerprint density at radius 1 is 1.13 bits per heavy atom. The van der Waals surface area contributed by atoms with E-state index >= 15 is 0 Å². The molecule has 0 aromatic heterocycles. The van der Waals surface area contributed by atoms with Crippen LogP contribution in [0.3, 0.4) is 0 Å². The van der Waals surface area contributed by atoms with Crippen molar-refractivity contribution in [2.45, 2.75) is 122 Å². The van der Waals surface area contributed by atoms with Crippen molar-refractivity contribution < 1.29 is 58.9 Å². The zero-order chi connectivity index (χ0) is 39.8.